The summed E-state index contributed by atoms with van der Waals surface area (Å²) < 4.78 is 0. The summed E-state index contributed by atoms with van der Waals surface area (Å²) in [5, 5.41) is 14.8. The van der Waals surface area contributed by atoms with Crippen LogP contribution in [-0.4, -0.2) is 17.0 Å². The van der Waals surface area contributed by atoms with Crippen molar-refractivity contribution in [2.75, 3.05) is 5.32 Å². The van der Waals surface area contributed by atoms with Gasteiger partial charge in [0.05, 0.1) is 15.7 Å². The lowest BCUT2D eigenvalue weighted by atomic mass is 10.1. The zero-order chi connectivity index (χ0) is 15.4. The maximum atomic E-state index is 12.2. The van der Waals surface area contributed by atoms with Gasteiger partial charge >= 0.3 is 0 Å². The summed E-state index contributed by atoms with van der Waals surface area (Å²) in [6.45, 7) is 0. The molecule has 108 valence electrons. The molecule has 21 heavy (non-hydrogen) atoms. The second-order valence-electron chi connectivity index (χ2n) is 4.12. The monoisotopic (exact) mass is 323 g/mol. The number of carbonyl (C=O) groups is 1. The number of nitrogens with two attached hydrogens (primary N) is 1. The predicted molar refractivity (Wildman–Crippen MR) is 83.4 cm³/mol. The van der Waals surface area contributed by atoms with Crippen molar-refractivity contribution < 1.29 is 10.0 Å². The van der Waals surface area contributed by atoms with E-state index >= 15 is 0 Å². The molecule has 0 aliphatic carbocycles. The van der Waals surface area contributed by atoms with Crippen LogP contribution in [0.25, 0.3) is 0 Å². The maximum Gasteiger partial charge on any atom is 0.255 e. The SMILES string of the molecule is N/C(=N\O)c1cccc(C(=O)Nc2cccc(Cl)c2Cl)c1. The molecule has 0 saturated carbocycles. The van der Waals surface area contributed by atoms with Crippen LogP contribution in [0.4, 0.5) is 5.69 Å². The Morgan fingerprint density at radius 3 is 2.52 bits per heavy atom. The summed E-state index contributed by atoms with van der Waals surface area (Å²) in [6.07, 6.45) is 0. The Kier molecular flexibility index (Phi) is 4.67. The van der Waals surface area contributed by atoms with Crippen molar-refractivity contribution in [1.29, 1.82) is 0 Å². The van der Waals surface area contributed by atoms with Crippen LogP contribution >= 0.6 is 23.2 Å². The number of anilines is 1. The van der Waals surface area contributed by atoms with Gasteiger partial charge in [0.2, 0.25) is 0 Å². The molecule has 0 aliphatic rings. The number of amidine groups is 1. The second kappa shape index (κ2) is 6.47. The van der Waals surface area contributed by atoms with E-state index in [1.54, 1.807) is 36.4 Å². The number of nitrogens with zero attached hydrogens (tertiary/aromatic N) is 1. The second-order valence-corrected chi connectivity index (χ2v) is 4.91. The van der Waals surface area contributed by atoms with Crippen molar-refractivity contribution in [3.8, 4) is 0 Å². The molecule has 4 N–H and O–H groups in total. The van der Waals surface area contributed by atoms with Gasteiger partial charge in [-0.15, -0.1) is 0 Å². The average Bonchev–Trinajstić information content (AvgIpc) is 2.51. The molecule has 0 bridgehead atoms. The van der Waals surface area contributed by atoms with Crippen molar-refractivity contribution in [2.24, 2.45) is 10.9 Å². The topological polar surface area (TPSA) is 87.7 Å². The van der Waals surface area contributed by atoms with Crippen molar-refractivity contribution in [2.45, 2.75) is 0 Å². The Morgan fingerprint density at radius 2 is 1.81 bits per heavy atom. The summed E-state index contributed by atoms with van der Waals surface area (Å²) in [5.74, 6) is -0.461. The van der Waals surface area contributed by atoms with Gasteiger partial charge < -0.3 is 16.3 Å². The first-order valence-electron chi connectivity index (χ1n) is 5.86. The fourth-order valence-corrected chi connectivity index (χ4v) is 2.02. The quantitative estimate of drug-likeness (QED) is 0.350. The van der Waals surface area contributed by atoms with E-state index < -0.39 is 0 Å². The van der Waals surface area contributed by atoms with E-state index in [1.807, 2.05) is 0 Å². The first-order valence-corrected chi connectivity index (χ1v) is 6.62. The van der Waals surface area contributed by atoms with Crippen LogP contribution in [0.15, 0.2) is 47.6 Å². The van der Waals surface area contributed by atoms with Crippen molar-refractivity contribution in [3.63, 3.8) is 0 Å². The van der Waals surface area contributed by atoms with Gasteiger partial charge in [0.15, 0.2) is 5.84 Å². The molecule has 0 radical (unpaired) electrons. The fraction of sp³-hybridized carbons (Fsp3) is 0. The smallest absolute Gasteiger partial charge is 0.255 e. The van der Waals surface area contributed by atoms with E-state index in [4.69, 9.17) is 34.1 Å². The Hall–Kier alpha value is -2.24. The van der Waals surface area contributed by atoms with E-state index in [2.05, 4.69) is 10.5 Å². The summed E-state index contributed by atoms with van der Waals surface area (Å²) in [6, 6.07) is 11.3. The van der Waals surface area contributed by atoms with E-state index in [1.165, 1.54) is 6.07 Å². The highest BCUT2D eigenvalue weighted by Crippen LogP contribution is 2.29. The van der Waals surface area contributed by atoms with Crippen LogP contribution in [0, 0.1) is 0 Å². The highest BCUT2D eigenvalue weighted by Gasteiger charge is 2.11. The molecule has 0 saturated heterocycles. The summed E-state index contributed by atoms with van der Waals surface area (Å²) in [4.78, 5) is 12.2. The number of carbonyl (C=O) groups excluding carboxylic acids is 1. The maximum absolute atomic E-state index is 12.2. The van der Waals surface area contributed by atoms with E-state index in [0.717, 1.165) is 0 Å². The van der Waals surface area contributed by atoms with Crippen LogP contribution in [0.1, 0.15) is 15.9 Å². The zero-order valence-corrected chi connectivity index (χ0v) is 12.2. The Morgan fingerprint density at radius 1 is 1.14 bits per heavy atom. The van der Waals surface area contributed by atoms with Gasteiger partial charge in [-0.25, -0.2) is 0 Å². The molecule has 1 amide bonds. The van der Waals surface area contributed by atoms with Crippen LogP contribution in [0.2, 0.25) is 10.0 Å². The summed E-state index contributed by atoms with van der Waals surface area (Å²) in [5.41, 5.74) is 6.67. The minimum absolute atomic E-state index is 0.0783. The zero-order valence-electron chi connectivity index (χ0n) is 10.7. The van der Waals surface area contributed by atoms with Crippen molar-refractivity contribution in [3.05, 3.63) is 63.6 Å². The standard InChI is InChI=1S/C14H11Cl2N3O2/c15-10-5-2-6-11(12(10)16)18-14(20)9-4-1-3-8(7-9)13(17)19-21/h1-7,21H,(H2,17,19)(H,18,20). The van der Waals surface area contributed by atoms with Gasteiger partial charge in [0, 0.05) is 11.1 Å². The molecule has 0 fully saturated rings. The third-order valence-electron chi connectivity index (χ3n) is 2.73. The molecule has 2 rings (SSSR count). The Labute approximate surface area is 131 Å². The van der Waals surface area contributed by atoms with Crippen molar-refractivity contribution in [1.82, 2.24) is 0 Å². The highest BCUT2D eigenvalue weighted by molar-refractivity contribution is 6.44. The van der Waals surface area contributed by atoms with E-state index in [9.17, 15) is 4.79 Å². The van der Waals surface area contributed by atoms with Crippen molar-refractivity contribution >= 4 is 40.6 Å². The van der Waals surface area contributed by atoms with Gasteiger partial charge in [0.1, 0.15) is 0 Å². The minimum Gasteiger partial charge on any atom is -0.409 e. The Bertz CT molecular complexity index is 717. The molecule has 0 atom stereocenters. The molecule has 0 aliphatic heterocycles. The van der Waals surface area contributed by atoms with Gasteiger partial charge in [-0.3, -0.25) is 4.79 Å². The number of hydrogen-bond donors (Lipinski definition) is 3. The average molecular weight is 324 g/mol. The first-order chi connectivity index (χ1) is 10.0. The third-order valence-corrected chi connectivity index (χ3v) is 3.55. The number of rotatable bonds is 3. The summed E-state index contributed by atoms with van der Waals surface area (Å²) in [7, 11) is 0. The number of benzene rings is 2. The van der Waals surface area contributed by atoms with E-state index in [-0.39, 0.29) is 16.8 Å². The lowest BCUT2D eigenvalue weighted by Crippen LogP contribution is -2.16. The Balaban J connectivity index is 2.27. The number of oxime groups is 1. The van der Waals surface area contributed by atoms with Gasteiger partial charge in [-0.2, -0.15) is 0 Å². The molecule has 7 heteroatoms. The predicted octanol–water partition coefficient (Wildman–Crippen LogP) is 3.34. The molecular weight excluding hydrogens is 313 g/mol. The molecular formula is C14H11Cl2N3O2. The molecule has 0 unspecified atom stereocenters. The van der Waals surface area contributed by atoms with Gasteiger partial charge in [-0.1, -0.05) is 46.6 Å². The molecule has 0 aromatic heterocycles. The highest BCUT2D eigenvalue weighted by atomic mass is 35.5. The molecule has 0 heterocycles. The van der Waals surface area contributed by atoms with E-state index in [0.29, 0.717) is 21.8 Å². The van der Waals surface area contributed by atoms with Crippen LogP contribution in [0.3, 0.4) is 0 Å². The lowest BCUT2D eigenvalue weighted by Gasteiger charge is -2.09. The largest absolute Gasteiger partial charge is 0.409 e. The third kappa shape index (κ3) is 3.45. The minimum atomic E-state index is -0.383. The van der Waals surface area contributed by atoms with Gasteiger partial charge in [0.25, 0.3) is 5.91 Å². The van der Waals surface area contributed by atoms with Crippen LogP contribution in [0.5, 0.6) is 0 Å². The molecule has 2 aromatic carbocycles. The summed E-state index contributed by atoms with van der Waals surface area (Å²) >= 11 is 11.9. The molecule has 0 spiro atoms. The molecule has 5 nitrogen and oxygen atoms in total. The normalized spacial score (nSPS) is 11.2. The molecule has 2 aromatic rings. The van der Waals surface area contributed by atoms with Crippen LogP contribution < -0.4 is 11.1 Å². The van der Waals surface area contributed by atoms with Crippen LogP contribution in [-0.2, 0) is 0 Å². The van der Waals surface area contributed by atoms with Gasteiger partial charge in [-0.05, 0) is 24.3 Å². The number of amides is 1. The lowest BCUT2D eigenvalue weighted by molar-refractivity contribution is 0.102. The number of halogens is 2. The number of nitrogens with one attached hydrogen (secondary N) is 1. The fourth-order valence-electron chi connectivity index (χ4n) is 1.67. The first kappa shape index (κ1) is 15.2. The number of hydrogen-bond acceptors (Lipinski definition) is 3.